The van der Waals surface area contributed by atoms with Gasteiger partial charge in [-0.05, 0) is 51.3 Å². The average molecular weight is 539 g/mol. The molecule has 156 valence electrons. The number of halogens is 9. The van der Waals surface area contributed by atoms with Crippen molar-refractivity contribution in [1.82, 2.24) is 0 Å². The Kier molecular flexibility index (Phi) is 7.26. The Morgan fingerprint density at radius 1 is 1.03 bits per heavy atom. The third-order valence-corrected chi connectivity index (χ3v) is 5.69. The van der Waals surface area contributed by atoms with E-state index in [2.05, 4.69) is 15.9 Å². The van der Waals surface area contributed by atoms with Crippen LogP contribution in [0.4, 0.5) is 22.0 Å². The van der Waals surface area contributed by atoms with Gasteiger partial charge >= 0.3 is 18.1 Å². The Labute approximate surface area is 185 Å². The zero-order valence-corrected chi connectivity index (χ0v) is 17.7. The molecule has 2 aromatic rings. The summed E-state index contributed by atoms with van der Waals surface area (Å²) in [7, 11) is 0. The van der Waals surface area contributed by atoms with E-state index >= 15 is 0 Å². The standard InChI is InChI=1S/C18H9BrCl3F5O2/c19-12-5-8(1-3-10(12)16(28)29)2-4-11(17(23,24)18(25,26)27)9-6-13(20)15(22)14(21)7-9/h1-7,11H,(H,28,29). The molecule has 2 rings (SSSR count). The number of carboxylic acid groups (broad SMARTS) is 1. The van der Waals surface area contributed by atoms with Gasteiger partial charge in [-0.3, -0.25) is 0 Å². The number of carbonyl (C=O) groups is 1. The highest BCUT2D eigenvalue weighted by molar-refractivity contribution is 9.10. The molecule has 2 aromatic carbocycles. The molecule has 0 aliphatic heterocycles. The summed E-state index contributed by atoms with van der Waals surface area (Å²) in [5.74, 6) is -8.85. The van der Waals surface area contributed by atoms with Crippen LogP contribution >= 0.6 is 50.7 Å². The fourth-order valence-electron chi connectivity index (χ4n) is 2.39. The Hall–Kier alpha value is -1.35. The second-order valence-corrected chi connectivity index (χ2v) is 7.85. The van der Waals surface area contributed by atoms with Gasteiger partial charge in [-0.25, -0.2) is 4.79 Å². The Morgan fingerprint density at radius 2 is 1.59 bits per heavy atom. The fraction of sp³-hybridized carbons (Fsp3) is 0.167. The SMILES string of the molecule is O=C(O)c1ccc(C=CC(c2cc(Cl)c(Cl)c(Cl)c2)C(F)(F)C(F)(F)F)cc1Br. The van der Waals surface area contributed by atoms with Crippen LogP contribution in [-0.4, -0.2) is 23.2 Å². The van der Waals surface area contributed by atoms with Crippen LogP contribution in [-0.2, 0) is 0 Å². The van der Waals surface area contributed by atoms with Crippen molar-refractivity contribution in [3.63, 3.8) is 0 Å². The Balaban J connectivity index is 2.56. The van der Waals surface area contributed by atoms with Gasteiger partial charge in [0.05, 0.1) is 26.5 Å². The first-order valence-electron chi connectivity index (χ1n) is 7.55. The molecule has 0 radical (unpaired) electrons. The number of carboxylic acids is 1. The van der Waals surface area contributed by atoms with E-state index in [1.165, 1.54) is 18.2 Å². The van der Waals surface area contributed by atoms with Crippen molar-refractivity contribution in [3.05, 3.63) is 72.6 Å². The number of benzene rings is 2. The molecular formula is C18H9BrCl3F5O2. The molecule has 1 unspecified atom stereocenters. The van der Waals surface area contributed by atoms with Crippen molar-refractivity contribution in [2.45, 2.75) is 18.0 Å². The largest absolute Gasteiger partial charge is 0.478 e. The molecule has 0 heterocycles. The third-order valence-electron chi connectivity index (χ3n) is 3.84. The summed E-state index contributed by atoms with van der Waals surface area (Å²) in [5, 5.41) is 8.25. The lowest BCUT2D eigenvalue weighted by atomic mass is 9.91. The minimum Gasteiger partial charge on any atom is -0.478 e. The topological polar surface area (TPSA) is 37.3 Å². The van der Waals surface area contributed by atoms with E-state index in [0.717, 1.165) is 18.2 Å². The molecule has 1 N–H and O–H groups in total. The van der Waals surface area contributed by atoms with Crippen molar-refractivity contribution < 1.29 is 31.9 Å². The number of aromatic carboxylic acids is 1. The van der Waals surface area contributed by atoms with E-state index in [-0.39, 0.29) is 30.7 Å². The summed E-state index contributed by atoms with van der Waals surface area (Å²) < 4.78 is 67.7. The van der Waals surface area contributed by atoms with Gasteiger partial charge in [0.2, 0.25) is 0 Å². The van der Waals surface area contributed by atoms with Crippen LogP contribution in [0.15, 0.2) is 40.9 Å². The highest BCUT2D eigenvalue weighted by atomic mass is 79.9. The molecule has 1 atom stereocenters. The van der Waals surface area contributed by atoms with Crippen molar-refractivity contribution in [3.8, 4) is 0 Å². The Morgan fingerprint density at radius 3 is 2.03 bits per heavy atom. The minimum atomic E-state index is -5.85. The maximum absolute atomic E-state index is 14.2. The first-order chi connectivity index (χ1) is 13.3. The summed E-state index contributed by atoms with van der Waals surface area (Å²) in [6.45, 7) is 0. The smallest absolute Gasteiger partial charge is 0.454 e. The van der Waals surface area contributed by atoms with Crippen LogP contribution in [0.2, 0.25) is 15.1 Å². The summed E-state index contributed by atoms with van der Waals surface area (Å²) in [5.41, 5.74) is -0.407. The molecule has 0 amide bonds. The van der Waals surface area contributed by atoms with E-state index in [9.17, 15) is 26.7 Å². The molecule has 0 saturated heterocycles. The average Bonchev–Trinajstić information content (AvgIpc) is 2.58. The monoisotopic (exact) mass is 536 g/mol. The maximum Gasteiger partial charge on any atom is 0.454 e. The lowest BCUT2D eigenvalue weighted by Crippen LogP contribution is -2.41. The summed E-state index contributed by atoms with van der Waals surface area (Å²) in [4.78, 5) is 11.0. The molecule has 29 heavy (non-hydrogen) atoms. The van der Waals surface area contributed by atoms with Gasteiger partial charge in [-0.15, -0.1) is 0 Å². The van der Waals surface area contributed by atoms with Gasteiger partial charge in [-0.2, -0.15) is 22.0 Å². The van der Waals surface area contributed by atoms with Crippen LogP contribution < -0.4 is 0 Å². The number of alkyl halides is 5. The van der Waals surface area contributed by atoms with Gasteiger partial charge in [0.1, 0.15) is 0 Å². The molecule has 0 bridgehead atoms. The molecule has 2 nitrogen and oxygen atoms in total. The molecule has 0 fully saturated rings. The number of hydrogen-bond donors (Lipinski definition) is 1. The van der Waals surface area contributed by atoms with Gasteiger partial charge in [0.15, 0.2) is 0 Å². The van der Waals surface area contributed by atoms with Crippen LogP contribution in [0.5, 0.6) is 0 Å². The molecule has 0 aliphatic rings. The molecule has 0 aliphatic carbocycles. The quantitative estimate of drug-likeness (QED) is 0.309. The number of hydrogen-bond acceptors (Lipinski definition) is 1. The summed E-state index contributed by atoms with van der Waals surface area (Å²) >= 11 is 20.3. The lowest BCUT2D eigenvalue weighted by molar-refractivity contribution is -0.286. The van der Waals surface area contributed by atoms with E-state index in [1.54, 1.807) is 0 Å². The first-order valence-corrected chi connectivity index (χ1v) is 9.48. The van der Waals surface area contributed by atoms with Gasteiger partial charge < -0.3 is 5.11 Å². The molecule has 11 heteroatoms. The zero-order valence-electron chi connectivity index (χ0n) is 13.9. The van der Waals surface area contributed by atoms with Crippen LogP contribution in [0, 0.1) is 0 Å². The van der Waals surface area contributed by atoms with Gasteiger partial charge in [-0.1, -0.05) is 53.0 Å². The van der Waals surface area contributed by atoms with Gasteiger partial charge in [0, 0.05) is 4.47 Å². The van der Waals surface area contributed by atoms with Crippen LogP contribution in [0.3, 0.4) is 0 Å². The first kappa shape index (κ1) is 23.9. The van der Waals surface area contributed by atoms with Crippen molar-refractivity contribution in [2.24, 2.45) is 0 Å². The minimum absolute atomic E-state index is 0.101. The predicted octanol–water partition coefficient (Wildman–Crippen LogP) is 8.10. The van der Waals surface area contributed by atoms with E-state index in [0.29, 0.717) is 6.08 Å². The normalized spacial score (nSPS) is 13.7. The fourth-order valence-corrected chi connectivity index (χ4v) is 3.57. The Bertz CT molecular complexity index is 953. The van der Waals surface area contributed by atoms with Crippen molar-refractivity contribution in [2.75, 3.05) is 0 Å². The second-order valence-electron chi connectivity index (χ2n) is 5.80. The van der Waals surface area contributed by atoms with E-state index < -0.39 is 29.5 Å². The van der Waals surface area contributed by atoms with E-state index in [4.69, 9.17) is 39.9 Å². The number of rotatable bonds is 5. The highest BCUT2D eigenvalue weighted by Gasteiger charge is 2.62. The lowest BCUT2D eigenvalue weighted by Gasteiger charge is -2.27. The molecule has 0 saturated carbocycles. The van der Waals surface area contributed by atoms with Crippen molar-refractivity contribution >= 4 is 62.8 Å². The predicted molar refractivity (Wildman–Crippen MR) is 105 cm³/mol. The zero-order chi connectivity index (χ0) is 22.1. The van der Waals surface area contributed by atoms with Crippen LogP contribution in [0.1, 0.15) is 27.4 Å². The summed E-state index contributed by atoms with van der Waals surface area (Å²) in [6.07, 6.45) is -4.20. The third kappa shape index (κ3) is 5.23. The summed E-state index contributed by atoms with van der Waals surface area (Å²) in [6, 6.07) is 5.47. The van der Waals surface area contributed by atoms with E-state index in [1.807, 2.05) is 0 Å². The maximum atomic E-state index is 14.2. The van der Waals surface area contributed by atoms with Gasteiger partial charge in [0.25, 0.3) is 0 Å². The molecule has 0 spiro atoms. The van der Waals surface area contributed by atoms with Crippen molar-refractivity contribution in [1.29, 1.82) is 0 Å². The van der Waals surface area contributed by atoms with Crippen LogP contribution in [0.25, 0.3) is 6.08 Å². The molecule has 0 aromatic heterocycles. The number of allylic oxidation sites excluding steroid dienone is 1. The second kappa shape index (κ2) is 8.79. The highest BCUT2D eigenvalue weighted by Crippen LogP contribution is 2.48. The molecular weight excluding hydrogens is 529 g/mol.